The Morgan fingerprint density at radius 3 is 2.47 bits per heavy atom. The number of carbonyl (C=O) groups excluding carboxylic acids is 2. The molecule has 0 unspecified atom stereocenters. The summed E-state index contributed by atoms with van der Waals surface area (Å²) in [6.07, 6.45) is 1.64. The van der Waals surface area contributed by atoms with Gasteiger partial charge in [-0.2, -0.15) is 0 Å². The fourth-order valence-corrected chi connectivity index (χ4v) is 1.35. The standard InChI is InChI=1S/C13H20N2O4/c1-6-18-11(16)10-14-9(2)7-15(10)8-19-12(17)13(3,4)5/h7H,6,8H2,1-5H3. The number of carbonyl (C=O) groups is 2. The second kappa shape index (κ2) is 5.86. The summed E-state index contributed by atoms with van der Waals surface area (Å²) in [6, 6.07) is 0. The largest absolute Gasteiger partial charge is 0.460 e. The van der Waals surface area contributed by atoms with Gasteiger partial charge >= 0.3 is 11.9 Å². The van der Waals surface area contributed by atoms with Gasteiger partial charge in [0.05, 0.1) is 17.7 Å². The second-order valence-corrected chi connectivity index (χ2v) is 5.21. The lowest BCUT2D eigenvalue weighted by molar-refractivity contribution is -0.157. The van der Waals surface area contributed by atoms with Crippen molar-refractivity contribution in [3.63, 3.8) is 0 Å². The van der Waals surface area contributed by atoms with Crippen molar-refractivity contribution in [2.45, 2.75) is 41.3 Å². The number of imidazole rings is 1. The van der Waals surface area contributed by atoms with Gasteiger partial charge in [0.2, 0.25) is 5.82 Å². The van der Waals surface area contributed by atoms with Crippen molar-refractivity contribution in [3.05, 3.63) is 17.7 Å². The number of aromatic nitrogens is 2. The topological polar surface area (TPSA) is 70.4 Å². The molecule has 0 spiro atoms. The fraction of sp³-hybridized carbons (Fsp3) is 0.615. The van der Waals surface area contributed by atoms with Crippen molar-refractivity contribution in [2.24, 2.45) is 5.41 Å². The van der Waals surface area contributed by atoms with Crippen LogP contribution in [0.25, 0.3) is 0 Å². The fourth-order valence-electron chi connectivity index (χ4n) is 1.35. The van der Waals surface area contributed by atoms with Gasteiger partial charge in [-0.05, 0) is 34.6 Å². The summed E-state index contributed by atoms with van der Waals surface area (Å²) in [5, 5.41) is 0. The molecular formula is C13H20N2O4. The maximum atomic E-state index is 11.7. The number of hydrogen-bond donors (Lipinski definition) is 0. The molecule has 0 N–H and O–H groups in total. The first-order chi connectivity index (χ1) is 8.75. The molecule has 0 saturated carbocycles. The van der Waals surface area contributed by atoms with Gasteiger partial charge in [-0.15, -0.1) is 0 Å². The van der Waals surface area contributed by atoms with Crippen LogP contribution in [0.15, 0.2) is 6.20 Å². The highest BCUT2D eigenvalue weighted by atomic mass is 16.5. The molecule has 19 heavy (non-hydrogen) atoms. The normalized spacial score (nSPS) is 11.2. The minimum atomic E-state index is -0.584. The summed E-state index contributed by atoms with van der Waals surface area (Å²) in [7, 11) is 0. The van der Waals surface area contributed by atoms with Crippen LogP contribution in [0.2, 0.25) is 0 Å². The summed E-state index contributed by atoms with van der Waals surface area (Å²) in [4.78, 5) is 27.4. The van der Waals surface area contributed by atoms with E-state index in [2.05, 4.69) is 4.98 Å². The van der Waals surface area contributed by atoms with E-state index in [-0.39, 0.29) is 25.1 Å². The number of esters is 2. The van der Waals surface area contributed by atoms with E-state index in [0.29, 0.717) is 5.69 Å². The molecule has 1 aromatic heterocycles. The highest BCUT2D eigenvalue weighted by Gasteiger charge is 2.24. The molecule has 0 fully saturated rings. The van der Waals surface area contributed by atoms with Gasteiger partial charge < -0.3 is 9.47 Å². The van der Waals surface area contributed by atoms with Crippen molar-refractivity contribution in [3.8, 4) is 0 Å². The molecule has 6 nitrogen and oxygen atoms in total. The second-order valence-electron chi connectivity index (χ2n) is 5.21. The molecule has 0 saturated heterocycles. The monoisotopic (exact) mass is 268 g/mol. The van der Waals surface area contributed by atoms with Gasteiger partial charge in [0.1, 0.15) is 0 Å². The van der Waals surface area contributed by atoms with E-state index in [1.54, 1.807) is 40.8 Å². The highest BCUT2D eigenvalue weighted by molar-refractivity contribution is 5.85. The molecule has 0 atom stereocenters. The van der Waals surface area contributed by atoms with E-state index in [9.17, 15) is 9.59 Å². The van der Waals surface area contributed by atoms with Crippen LogP contribution in [0.1, 0.15) is 44.0 Å². The van der Waals surface area contributed by atoms with Crippen LogP contribution in [0.3, 0.4) is 0 Å². The first-order valence-corrected chi connectivity index (χ1v) is 6.13. The van der Waals surface area contributed by atoms with E-state index in [1.165, 1.54) is 4.57 Å². The average molecular weight is 268 g/mol. The molecular weight excluding hydrogens is 248 g/mol. The van der Waals surface area contributed by atoms with Crippen molar-refractivity contribution < 1.29 is 19.1 Å². The van der Waals surface area contributed by atoms with E-state index < -0.39 is 11.4 Å². The molecule has 0 aromatic carbocycles. The van der Waals surface area contributed by atoms with Crippen LogP contribution in [0, 0.1) is 12.3 Å². The number of aryl methyl sites for hydroxylation is 1. The lowest BCUT2D eigenvalue weighted by Crippen LogP contribution is -2.25. The zero-order chi connectivity index (χ0) is 14.6. The summed E-state index contributed by atoms with van der Waals surface area (Å²) < 4.78 is 11.5. The Labute approximate surface area is 112 Å². The first kappa shape index (κ1) is 15.2. The van der Waals surface area contributed by atoms with Gasteiger partial charge in [0.15, 0.2) is 6.73 Å². The smallest absolute Gasteiger partial charge is 0.374 e. The van der Waals surface area contributed by atoms with E-state index in [0.717, 1.165) is 0 Å². The number of nitrogens with zero attached hydrogens (tertiary/aromatic N) is 2. The Hall–Kier alpha value is -1.85. The molecule has 106 valence electrons. The van der Waals surface area contributed by atoms with E-state index in [1.807, 2.05) is 0 Å². The molecule has 0 bridgehead atoms. The molecule has 1 aromatic rings. The van der Waals surface area contributed by atoms with Gasteiger partial charge in [0.25, 0.3) is 0 Å². The van der Waals surface area contributed by atoms with E-state index >= 15 is 0 Å². The summed E-state index contributed by atoms with van der Waals surface area (Å²) in [5.41, 5.74) is 0.0783. The summed E-state index contributed by atoms with van der Waals surface area (Å²) in [5.74, 6) is -0.725. The Morgan fingerprint density at radius 2 is 1.95 bits per heavy atom. The van der Waals surface area contributed by atoms with Crippen molar-refractivity contribution >= 4 is 11.9 Å². The predicted octanol–water partition coefficient (Wildman–Crippen LogP) is 1.92. The average Bonchev–Trinajstić information content (AvgIpc) is 2.66. The maximum Gasteiger partial charge on any atom is 0.374 e. The third-order valence-electron chi connectivity index (χ3n) is 2.30. The van der Waals surface area contributed by atoms with Crippen molar-refractivity contribution in [1.82, 2.24) is 9.55 Å². The quantitative estimate of drug-likeness (QED) is 0.780. The Kier molecular flexibility index (Phi) is 4.69. The Bertz CT molecular complexity index is 471. The lowest BCUT2D eigenvalue weighted by Gasteiger charge is -2.17. The van der Waals surface area contributed by atoms with Crippen LogP contribution in [0.5, 0.6) is 0 Å². The van der Waals surface area contributed by atoms with Crippen LogP contribution < -0.4 is 0 Å². The number of ether oxygens (including phenoxy) is 2. The molecule has 0 aliphatic rings. The van der Waals surface area contributed by atoms with Crippen LogP contribution in [-0.2, 0) is 21.0 Å². The molecule has 0 radical (unpaired) electrons. The zero-order valence-electron chi connectivity index (χ0n) is 12.0. The first-order valence-electron chi connectivity index (χ1n) is 6.13. The molecule has 1 heterocycles. The molecule has 0 aliphatic carbocycles. The predicted molar refractivity (Wildman–Crippen MR) is 68.5 cm³/mol. The Balaban J connectivity index is 2.79. The molecule has 0 aliphatic heterocycles. The van der Waals surface area contributed by atoms with Crippen LogP contribution in [0.4, 0.5) is 0 Å². The van der Waals surface area contributed by atoms with Gasteiger partial charge in [-0.25, -0.2) is 9.78 Å². The van der Waals surface area contributed by atoms with Gasteiger partial charge in [-0.3, -0.25) is 9.36 Å². The minimum absolute atomic E-state index is 0.0505. The number of rotatable bonds is 4. The summed E-state index contributed by atoms with van der Waals surface area (Å²) >= 11 is 0. The van der Waals surface area contributed by atoms with Crippen molar-refractivity contribution in [2.75, 3.05) is 6.61 Å². The summed E-state index contributed by atoms with van der Waals surface area (Å²) in [6.45, 7) is 8.99. The maximum absolute atomic E-state index is 11.7. The minimum Gasteiger partial charge on any atom is -0.460 e. The molecule has 6 heteroatoms. The van der Waals surface area contributed by atoms with E-state index in [4.69, 9.17) is 9.47 Å². The zero-order valence-corrected chi connectivity index (χ0v) is 12.0. The van der Waals surface area contributed by atoms with Crippen LogP contribution in [-0.4, -0.2) is 28.1 Å². The molecule has 0 amide bonds. The SMILES string of the molecule is CCOC(=O)c1nc(C)cn1COC(=O)C(C)(C)C. The Morgan fingerprint density at radius 1 is 1.32 bits per heavy atom. The lowest BCUT2D eigenvalue weighted by atomic mass is 9.98. The molecule has 1 rings (SSSR count). The third kappa shape index (κ3) is 4.08. The number of hydrogen-bond acceptors (Lipinski definition) is 5. The highest BCUT2D eigenvalue weighted by Crippen LogP contribution is 2.16. The third-order valence-corrected chi connectivity index (χ3v) is 2.30. The van der Waals surface area contributed by atoms with Crippen molar-refractivity contribution in [1.29, 1.82) is 0 Å². The van der Waals surface area contributed by atoms with Gasteiger partial charge in [0, 0.05) is 6.20 Å². The van der Waals surface area contributed by atoms with Crippen LogP contribution >= 0.6 is 0 Å². The van der Waals surface area contributed by atoms with Gasteiger partial charge in [-0.1, -0.05) is 0 Å².